The van der Waals surface area contributed by atoms with Gasteiger partial charge in [0.15, 0.2) is 0 Å². The van der Waals surface area contributed by atoms with Crippen molar-refractivity contribution in [1.82, 2.24) is 19.9 Å². The van der Waals surface area contributed by atoms with Crippen LogP contribution in [0.15, 0.2) is 48.9 Å². The summed E-state index contributed by atoms with van der Waals surface area (Å²) in [6, 6.07) is 10.5. The van der Waals surface area contributed by atoms with Crippen molar-refractivity contribution >= 4 is 28.9 Å². The van der Waals surface area contributed by atoms with E-state index in [1.165, 1.54) is 0 Å². The fourth-order valence-corrected chi connectivity index (χ4v) is 4.72. The molecule has 1 N–H and O–H groups in total. The molecule has 1 aromatic carbocycles. The molecule has 2 aliphatic rings. The lowest BCUT2D eigenvalue weighted by Gasteiger charge is -2.22. The van der Waals surface area contributed by atoms with Crippen LogP contribution in [0.5, 0.6) is 5.88 Å². The maximum Gasteiger partial charge on any atom is 0.230 e. The number of pyridine rings is 1. The third kappa shape index (κ3) is 4.90. The van der Waals surface area contributed by atoms with Crippen molar-refractivity contribution in [3.63, 3.8) is 0 Å². The molecule has 3 aromatic rings. The van der Waals surface area contributed by atoms with Crippen LogP contribution in [0.3, 0.4) is 0 Å². The Balaban J connectivity index is 1.31. The van der Waals surface area contributed by atoms with Crippen molar-refractivity contribution in [3.05, 3.63) is 48.9 Å². The monoisotopic (exact) mass is 473 g/mol. The third-order valence-corrected chi connectivity index (χ3v) is 6.75. The van der Waals surface area contributed by atoms with Gasteiger partial charge in [0.25, 0.3) is 0 Å². The van der Waals surface area contributed by atoms with Gasteiger partial charge in [-0.15, -0.1) is 0 Å². The van der Waals surface area contributed by atoms with Crippen molar-refractivity contribution in [1.29, 1.82) is 0 Å². The molecule has 0 unspecified atom stereocenters. The summed E-state index contributed by atoms with van der Waals surface area (Å²) in [6.07, 6.45) is 8.08. The predicted octanol–water partition coefficient (Wildman–Crippen LogP) is 3.56. The van der Waals surface area contributed by atoms with Gasteiger partial charge in [0, 0.05) is 44.0 Å². The zero-order valence-electron chi connectivity index (χ0n) is 20.4. The van der Waals surface area contributed by atoms with Crippen molar-refractivity contribution < 1.29 is 9.53 Å². The van der Waals surface area contributed by atoms with E-state index in [0.29, 0.717) is 24.3 Å². The van der Waals surface area contributed by atoms with Gasteiger partial charge in [-0.05, 0) is 50.7 Å². The fraction of sp³-hybridized carbons (Fsp3) is 0.385. The number of methoxy groups -OCH3 is 1. The summed E-state index contributed by atoms with van der Waals surface area (Å²) in [4.78, 5) is 32.0. The number of carbonyl (C=O) groups excluding carboxylic acids is 1. The average Bonchev–Trinajstić information content (AvgIpc) is 3.54. The minimum Gasteiger partial charge on any atom is -0.480 e. The number of aromatic nitrogens is 3. The molecule has 2 saturated heterocycles. The highest BCUT2D eigenvalue weighted by Crippen LogP contribution is 2.32. The van der Waals surface area contributed by atoms with Gasteiger partial charge in [-0.3, -0.25) is 9.78 Å². The molecule has 4 heterocycles. The maximum absolute atomic E-state index is 12.0. The average molecular weight is 474 g/mol. The first-order chi connectivity index (χ1) is 17.0. The van der Waals surface area contributed by atoms with Gasteiger partial charge < -0.3 is 24.8 Å². The van der Waals surface area contributed by atoms with Crippen LogP contribution in [0.25, 0.3) is 11.1 Å². The van der Waals surface area contributed by atoms with Gasteiger partial charge >= 0.3 is 0 Å². The number of likely N-dealkylation sites (N-methyl/N-ethyl adjacent to an activating group) is 1. The Morgan fingerprint density at radius 1 is 1.09 bits per heavy atom. The number of hydrogen-bond acceptors (Lipinski definition) is 8. The Morgan fingerprint density at radius 2 is 1.91 bits per heavy atom. The lowest BCUT2D eigenvalue weighted by atomic mass is 10.1. The number of ether oxygens (including phenoxy) is 1. The number of amides is 1. The lowest BCUT2D eigenvalue weighted by molar-refractivity contribution is -0.117. The van der Waals surface area contributed by atoms with E-state index in [1.54, 1.807) is 19.5 Å². The van der Waals surface area contributed by atoms with Crippen molar-refractivity contribution in [2.75, 3.05) is 56.0 Å². The molecule has 9 nitrogen and oxygen atoms in total. The van der Waals surface area contributed by atoms with E-state index in [0.717, 1.165) is 60.7 Å². The number of anilines is 4. The quantitative estimate of drug-likeness (QED) is 0.558. The molecule has 2 aromatic heterocycles. The van der Waals surface area contributed by atoms with E-state index in [1.807, 2.05) is 35.4 Å². The molecule has 0 saturated carbocycles. The van der Waals surface area contributed by atoms with Gasteiger partial charge in [0.2, 0.25) is 17.7 Å². The van der Waals surface area contributed by atoms with Crippen LogP contribution in [-0.4, -0.2) is 72.6 Å². The van der Waals surface area contributed by atoms with Gasteiger partial charge in [0.05, 0.1) is 36.4 Å². The summed E-state index contributed by atoms with van der Waals surface area (Å²) in [7, 11) is 5.85. The van der Waals surface area contributed by atoms with Crippen LogP contribution in [0.2, 0.25) is 0 Å². The minimum absolute atomic E-state index is 0.176. The summed E-state index contributed by atoms with van der Waals surface area (Å²) in [5.41, 5.74) is 4.54. The Bertz CT molecular complexity index is 1200. The van der Waals surface area contributed by atoms with E-state index in [4.69, 9.17) is 4.74 Å². The zero-order chi connectivity index (χ0) is 24.4. The van der Waals surface area contributed by atoms with Crippen molar-refractivity contribution in [2.24, 2.45) is 0 Å². The second-order valence-electron chi connectivity index (χ2n) is 9.22. The molecule has 1 atom stereocenters. The van der Waals surface area contributed by atoms with Crippen LogP contribution in [-0.2, 0) is 4.79 Å². The highest BCUT2D eigenvalue weighted by molar-refractivity contribution is 5.95. The number of nitrogens with zero attached hydrogens (tertiary/aromatic N) is 6. The van der Waals surface area contributed by atoms with Crippen LogP contribution in [0, 0.1) is 0 Å². The molecular weight excluding hydrogens is 442 g/mol. The second kappa shape index (κ2) is 9.87. The molecule has 2 fully saturated rings. The molecule has 1 amide bonds. The smallest absolute Gasteiger partial charge is 0.230 e. The van der Waals surface area contributed by atoms with Gasteiger partial charge in [-0.1, -0.05) is 12.1 Å². The molecule has 5 rings (SSSR count). The lowest BCUT2D eigenvalue weighted by Crippen LogP contribution is -2.31. The molecule has 9 heteroatoms. The topological polar surface area (TPSA) is 86.7 Å². The van der Waals surface area contributed by atoms with Crippen molar-refractivity contribution in [3.8, 4) is 17.0 Å². The molecule has 35 heavy (non-hydrogen) atoms. The number of nitrogens with one attached hydrogen (secondary N) is 1. The van der Waals surface area contributed by atoms with Crippen LogP contribution in [0.4, 0.5) is 23.0 Å². The number of benzene rings is 1. The Kier molecular flexibility index (Phi) is 6.50. The highest BCUT2D eigenvalue weighted by Gasteiger charge is 2.25. The van der Waals surface area contributed by atoms with Crippen molar-refractivity contribution in [2.45, 2.75) is 25.3 Å². The molecule has 0 spiro atoms. The third-order valence-electron chi connectivity index (χ3n) is 6.75. The zero-order valence-corrected chi connectivity index (χ0v) is 20.4. The largest absolute Gasteiger partial charge is 0.480 e. The first kappa shape index (κ1) is 23.0. The van der Waals surface area contributed by atoms with Gasteiger partial charge in [-0.25, -0.2) is 4.98 Å². The SMILES string of the molecule is COc1nc(Nc2cncc(N3CC[C@@H](N(C)C)C3)c2)ncc1-c1ccc(N2CCCC2=O)cc1. The standard InChI is InChI=1S/C26H31N7O2/c1-31(2)21-10-12-32(17-21)22-13-19(14-27-15-22)29-26-28-16-23(25(30-26)35-3)18-6-8-20(9-7-18)33-11-4-5-24(33)34/h6-9,13-16,21H,4-5,10-12,17H2,1-3H3,(H,28,29,30)/t21-/m1/s1. The predicted molar refractivity (Wildman–Crippen MR) is 137 cm³/mol. The Morgan fingerprint density at radius 3 is 2.60 bits per heavy atom. The second-order valence-corrected chi connectivity index (χ2v) is 9.22. The summed E-state index contributed by atoms with van der Waals surface area (Å²) in [5, 5.41) is 3.26. The molecule has 2 aliphatic heterocycles. The summed E-state index contributed by atoms with van der Waals surface area (Å²) in [6.45, 7) is 2.77. The summed E-state index contributed by atoms with van der Waals surface area (Å²) in [5.74, 6) is 1.09. The van der Waals surface area contributed by atoms with Crippen LogP contribution >= 0.6 is 0 Å². The van der Waals surface area contributed by atoms with E-state index >= 15 is 0 Å². The maximum atomic E-state index is 12.0. The highest BCUT2D eigenvalue weighted by atomic mass is 16.5. The molecule has 0 aliphatic carbocycles. The summed E-state index contributed by atoms with van der Waals surface area (Å²) >= 11 is 0. The van der Waals surface area contributed by atoms with E-state index in [9.17, 15) is 4.79 Å². The molecular formula is C26H31N7O2. The Hall–Kier alpha value is -3.72. The normalized spacial score (nSPS) is 17.9. The fourth-order valence-electron chi connectivity index (χ4n) is 4.72. The van der Waals surface area contributed by atoms with E-state index in [-0.39, 0.29) is 5.91 Å². The number of rotatable bonds is 7. The number of hydrogen-bond donors (Lipinski definition) is 1. The number of carbonyl (C=O) groups is 1. The van der Waals surface area contributed by atoms with Crippen LogP contribution in [0.1, 0.15) is 19.3 Å². The van der Waals surface area contributed by atoms with Gasteiger partial charge in [-0.2, -0.15) is 4.98 Å². The van der Waals surface area contributed by atoms with E-state index in [2.05, 4.69) is 50.2 Å². The molecule has 0 radical (unpaired) electrons. The van der Waals surface area contributed by atoms with Gasteiger partial charge in [0.1, 0.15) is 0 Å². The Labute approximate surface area is 205 Å². The first-order valence-electron chi connectivity index (χ1n) is 12.0. The molecule has 182 valence electrons. The first-order valence-corrected chi connectivity index (χ1v) is 12.0. The summed E-state index contributed by atoms with van der Waals surface area (Å²) < 4.78 is 5.58. The van der Waals surface area contributed by atoms with Crippen LogP contribution < -0.4 is 19.9 Å². The molecule has 0 bridgehead atoms. The van der Waals surface area contributed by atoms with E-state index < -0.39 is 0 Å². The minimum atomic E-state index is 0.176.